The number of carbonyl (C=O) groups excluding carboxylic acids is 1. The fourth-order valence-corrected chi connectivity index (χ4v) is 4.38. The molecule has 0 radical (unpaired) electrons. The minimum atomic E-state index is -0.638. The van der Waals surface area contributed by atoms with E-state index in [1.54, 1.807) is 27.5 Å². The number of ether oxygens (including phenoxy) is 6. The first-order valence-corrected chi connectivity index (χ1v) is 10.6. The molecule has 0 bridgehead atoms. The Bertz CT molecular complexity index is 1100. The summed E-state index contributed by atoms with van der Waals surface area (Å²) in [5.74, 6) is 1.34. The number of aliphatic imine (C=N–C) groups is 1. The van der Waals surface area contributed by atoms with Gasteiger partial charge in [0.2, 0.25) is 12.5 Å². The second kappa shape index (κ2) is 9.44. The Morgan fingerprint density at radius 2 is 1.70 bits per heavy atom. The lowest BCUT2D eigenvalue weighted by atomic mass is 9.71. The van der Waals surface area contributed by atoms with Gasteiger partial charge in [0.1, 0.15) is 0 Å². The lowest BCUT2D eigenvalue weighted by molar-refractivity contribution is -0.144. The van der Waals surface area contributed by atoms with Crippen molar-refractivity contribution >= 4 is 18.3 Å². The molecular formula is C25H27NO7. The van der Waals surface area contributed by atoms with Gasteiger partial charge in [-0.1, -0.05) is 0 Å². The maximum Gasteiger partial charge on any atom is 0.314 e. The molecule has 0 aromatic heterocycles. The molecule has 2 aromatic rings. The lowest BCUT2D eigenvalue weighted by Gasteiger charge is -2.32. The van der Waals surface area contributed by atoms with Gasteiger partial charge in [-0.05, 0) is 59.5 Å². The van der Waals surface area contributed by atoms with Crippen molar-refractivity contribution in [3.63, 3.8) is 0 Å². The second-order valence-electron chi connectivity index (χ2n) is 7.54. The number of hydrogen-bond acceptors (Lipinski definition) is 8. The van der Waals surface area contributed by atoms with Crippen LogP contribution < -0.4 is 23.7 Å². The zero-order chi connectivity index (χ0) is 23.5. The smallest absolute Gasteiger partial charge is 0.314 e. The van der Waals surface area contributed by atoms with E-state index in [9.17, 15) is 4.79 Å². The van der Waals surface area contributed by atoms with Gasteiger partial charge in [0.25, 0.3) is 0 Å². The molecule has 8 heteroatoms. The van der Waals surface area contributed by atoms with E-state index in [2.05, 4.69) is 4.99 Å². The van der Waals surface area contributed by atoms with Gasteiger partial charge >= 0.3 is 5.97 Å². The minimum absolute atomic E-state index is 0.154. The van der Waals surface area contributed by atoms with Crippen LogP contribution >= 0.6 is 0 Å². The summed E-state index contributed by atoms with van der Waals surface area (Å²) >= 11 is 0. The third kappa shape index (κ3) is 3.97. The van der Waals surface area contributed by atoms with Gasteiger partial charge in [0, 0.05) is 18.7 Å². The van der Waals surface area contributed by atoms with E-state index in [0.717, 1.165) is 22.3 Å². The van der Waals surface area contributed by atoms with E-state index in [-0.39, 0.29) is 12.8 Å². The van der Waals surface area contributed by atoms with Gasteiger partial charge in [0.15, 0.2) is 23.0 Å². The topological polar surface area (TPSA) is 84.8 Å². The fraction of sp³-hybridized carbons (Fsp3) is 0.360. The molecule has 4 rings (SSSR count). The monoisotopic (exact) mass is 453 g/mol. The van der Waals surface area contributed by atoms with E-state index in [1.165, 1.54) is 7.11 Å². The van der Waals surface area contributed by atoms with E-state index in [0.29, 0.717) is 35.3 Å². The predicted octanol–water partition coefficient (Wildman–Crippen LogP) is 3.85. The summed E-state index contributed by atoms with van der Waals surface area (Å²) in [6.45, 7) is 2.69. The molecule has 0 unspecified atom stereocenters. The Hall–Kier alpha value is -3.68. The highest BCUT2D eigenvalue weighted by Crippen LogP contribution is 2.50. The highest BCUT2D eigenvalue weighted by atomic mass is 16.7. The summed E-state index contributed by atoms with van der Waals surface area (Å²) in [6.07, 6.45) is 3.69. The Balaban J connectivity index is 1.99. The van der Waals surface area contributed by atoms with Gasteiger partial charge in [-0.15, -0.1) is 0 Å². The van der Waals surface area contributed by atoms with Crippen molar-refractivity contribution in [2.75, 3.05) is 41.8 Å². The quantitative estimate of drug-likeness (QED) is 0.465. The molecule has 1 heterocycles. The number of esters is 1. The number of nitrogens with zero attached hydrogens (tertiary/aromatic N) is 1. The van der Waals surface area contributed by atoms with Crippen LogP contribution in [-0.2, 0) is 9.53 Å². The highest BCUT2D eigenvalue weighted by molar-refractivity contribution is 5.97. The van der Waals surface area contributed by atoms with Crippen LogP contribution in [0.1, 0.15) is 29.5 Å². The van der Waals surface area contributed by atoms with Gasteiger partial charge in [-0.25, -0.2) is 0 Å². The first-order valence-electron chi connectivity index (χ1n) is 10.6. The number of methoxy groups -OCH3 is 4. The van der Waals surface area contributed by atoms with Gasteiger partial charge in [-0.2, -0.15) is 0 Å². The molecular weight excluding hydrogens is 426 g/mol. The second-order valence-corrected chi connectivity index (χ2v) is 7.54. The van der Waals surface area contributed by atoms with E-state index in [1.807, 2.05) is 37.3 Å². The largest absolute Gasteiger partial charge is 0.493 e. The molecule has 2 atom stereocenters. The molecule has 33 heavy (non-hydrogen) atoms. The van der Waals surface area contributed by atoms with Crippen LogP contribution in [-0.4, -0.2) is 54.0 Å². The highest BCUT2D eigenvalue weighted by Gasteiger charge is 2.40. The number of hydrogen-bond donors (Lipinski definition) is 0. The molecule has 0 fully saturated rings. The summed E-state index contributed by atoms with van der Waals surface area (Å²) < 4.78 is 33.1. The molecule has 8 nitrogen and oxygen atoms in total. The Morgan fingerprint density at radius 3 is 2.27 bits per heavy atom. The summed E-state index contributed by atoms with van der Waals surface area (Å²) in [7, 11) is 6.06. The van der Waals surface area contributed by atoms with Gasteiger partial charge in [0.05, 0.1) is 34.4 Å². The van der Waals surface area contributed by atoms with Crippen LogP contribution in [0.15, 0.2) is 34.8 Å². The molecule has 0 amide bonds. The van der Waals surface area contributed by atoms with Crippen LogP contribution in [0.5, 0.6) is 28.7 Å². The Morgan fingerprint density at radius 1 is 1.03 bits per heavy atom. The van der Waals surface area contributed by atoms with E-state index >= 15 is 0 Å². The number of rotatable bonds is 7. The Kier molecular flexibility index (Phi) is 6.44. The van der Waals surface area contributed by atoms with E-state index < -0.39 is 11.8 Å². The van der Waals surface area contributed by atoms with Gasteiger partial charge in [-0.3, -0.25) is 9.79 Å². The van der Waals surface area contributed by atoms with Crippen LogP contribution in [0.2, 0.25) is 0 Å². The molecule has 1 aliphatic carbocycles. The summed E-state index contributed by atoms with van der Waals surface area (Å²) in [5, 5.41) is 0. The minimum Gasteiger partial charge on any atom is -0.493 e. The molecule has 2 aromatic carbocycles. The molecule has 1 aliphatic heterocycles. The molecule has 0 N–H and O–H groups in total. The fourth-order valence-electron chi connectivity index (χ4n) is 4.38. The van der Waals surface area contributed by atoms with Crippen molar-refractivity contribution in [1.82, 2.24) is 0 Å². The summed E-state index contributed by atoms with van der Waals surface area (Å²) in [5.41, 5.74) is 3.36. The average molecular weight is 453 g/mol. The maximum absolute atomic E-state index is 13.1. The number of carbonyl (C=O) groups is 1. The van der Waals surface area contributed by atoms with Crippen molar-refractivity contribution in [2.45, 2.75) is 12.8 Å². The predicted molar refractivity (Wildman–Crippen MR) is 123 cm³/mol. The number of benzene rings is 2. The standard InChI is InChI=1S/C25H27NO7/c1-6-26-12-16-7-14-8-18-19(33-13-32-18)11-17(14)22(23(16)25(27)31-5)15-9-20(28-2)24(30-4)21(10-15)29-3/h7-12,22-23H,6,13H2,1-5H3/t22-,23-/m1/s1. The summed E-state index contributed by atoms with van der Waals surface area (Å²) in [6, 6.07) is 7.56. The molecule has 2 aliphatic rings. The normalized spacial score (nSPS) is 18.5. The van der Waals surface area contributed by atoms with Gasteiger partial charge < -0.3 is 28.4 Å². The SMILES string of the molecule is CCN=CC1=Cc2cc3c(cc2[C@@H](c2cc(OC)c(OC)c(OC)c2)[C@@H]1C(=O)OC)OCO3. The lowest BCUT2D eigenvalue weighted by Crippen LogP contribution is -2.30. The van der Waals surface area contributed by atoms with Crippen molar-refractivity contribution in [1.29, 1.82) is 0 Å². The van der Waals surface area contributed by atoms with Crippen LogP contribution in [0.3, 0.4) is 0 Å². The molecule has 0 saturated heterocycles. The first-order chi connectivity index (χ1) is 16.1. The molecule has 0 spiro atoms. The van der Waals surface area contributed by atoms with Crippen molar-refractivity contribution in [3.05, 3.63) is 46.5 Å². The number of fused-ring (bicyclic) bond motifs is 2. The summed E-state index contributed by atoms with van der Waals surface area (Å²) in [4.78, 5) is 17.5. The van der Waals surface area contributed by atoms with Crippen LogP contribution in [0, 0.1) is 5.92 Å². The van der Waals surface area contributed by atoms with Crippen molar-refractivity contribution in [3.8, 4) is 28.7 Å². The Labute approximate surface area is 192 Å². The van der Waals surface area contributed by atoms with Crippen LogP contribution in [0.25, 0.3) is 6.08 Å². The third-order valence-electron chi connectivity index (χ3n) is 5.85. The average Bonchev–Trinajstić information content (AvgIpc) is 3.30. The third-order valence-corrected chi connectivity index (χ3v) is 5.85. The van der Waals surface area contributed by atoms with Crippen molar-refractivity contribution in [2.24, 2.45) is 10.9 Å². The zero-order valence-electron chi connectivity index (χ0n) is 19.3. The maximum atomic E-state index is 13.1. The zero-order valence-corrected chi connectivity index (χ0v) is 19.3. The van der Waals surface area contributed by atoms with E-state index in [4.69, 9.17) is 28.4 Å². The van der Waals surface area contributed by atoms with Crippen LogP contribution in [0.4, 0.5) is 0 Å². The first kappa shape index (κ1) is 22.5. The molecule has 174 valence electrons. The van der Waals surface area contributed by atoms with Crippen molar-refractivity contribution < 1.29 is 33.2 Å². The molecule has 0 saturated carbocycles.